The number of aldehydes is 1. The molecule has 0 amide bonds. The van der Waals surface area contributed by atoms with Gasteiger partial charge in [-0.2, -0.15) is 0 Å². The number of aliphatic hydroxyl groups is 1. The molecule has 2 N–H and O–H groups in total. The van der Waals surface area contributed by atoms with Gasteiger partial charge in [-0.05, 0) is 19.3 Å². The lowest BCUT2D eigenvalue weighted by Crippen LogP contribution is -2.22. The number of carbonyl (C=O) groups excluding carboxylic acids is 1. The third-order valence-electron chi connectivity index (χ3n) is 2.38. The number of anilines is 1. The fraction of sp³-hybridized carbons (Fsp3) is 0.583. The van der Waals surface area contributed by atoms with Crippen LogP contribution in [0.2, 0.25) is 5.15 Å². The lowest BCUT2D eigenvalue weighted by molar-refractivity contribution is 0.112. The Morgan fingerprint density at radius 3 is 2.67 bits per heavy atom. The first kappa shape index (κ1) is 14.9. The van der Waals surface area contributed by atoms with Gasteiger partial charge in [0.2, 0.25) is 0 Å². The second-order valence-electron chi connectivity index (χ2n) is 4.61. The monoisotopic (exact) mass is 271 g/mol. The van der Waals surface area contributed by atoms with Crippen LogP contribution in [0.4, 0.5) is 5.82 Å². The van der Waals surface area contributed by atoms with Crippen LogP contribution in [0.15, 0.2) is 0 Å². The van der Waals surface area contributed by atoms with Gasteiger partial charge in [-0.25, -0.2) is 9.97 Å². The maximum absolute atomic E-state index is 10.9. The highest BCUT2D eigenvalue weighted by Crippen LogP contribution is 2.19. The normalized spacial score (nSPS) is 12.6. The van der Waals surface area contributed by atoms with E-state index in [1.165, 1.54) is 0 Å². The third-order valence-corrected chi connectivity index (χ3v) is 2.67. The summed E-state index contributed by atoms with van der Waals surface area (Å²) in [5, 5.41) is 12.8. The van der Waals surface area contributed by atoms with Crippen molar-refractivity contribution in [1.82, 2.24) is 9.97 Å². The van der Waals surface area contributed by atoms with Crippen LogP contribution >= 0.6 is 11.6 Å². The SMILES string of the molecule is Cc1nc(Cl)c(C=O)c(NCC(O)CC(C)C)n1. The topological polar surface area (TPSA) is 75.1 Å². The lowest BCUT2D eigenvalue weighted by atomic mass is 10.1. The maximum atomic E-state index is 10.9. The summed E-state index contributed by atoms with van der Waals surface area (Å²) in [6.45, 7) is 6.08. The molecule has 0 spiro atoms. The first-order valence-corrected chi connectivity index (χ1v) is 6.23. The Bertz CT molecular complexity index is 424. The van der Waals surface area contributed by atoms with Gasteiger partial charge < -0.3 is 10.4 Å². The summed E-state index contributed by atoms with van der Waals surface area (Å²) in [7, 11) is 0. The summed E-state index contributed by atoms with van der Waals surface area (Å²) in [4.78, 5) is 18.9. The number of aromatic nitrogens is 2. The molecule has 100 valence electrons. The molecule has 0 aromatic carbocycles. The van der Waals surface area contributed by atoms with Crippen LogP contribution in [-0.2, 0) is 0 Å². The molecule has 0 aliphatic carbocycles. The van der Waals surface area contributed by atoms with Crippen LogP contribution in [-0.4, -0.2) is 34.0 Å². The molecule has 0 fully saturated rings. The zero-order valence-electron chi connectivity index (χ0n) is 10.8. The lowest BCUT2D eigenvalue weighted by Gasteiger charge is -2.15. The van der Waals surface area contributed by atoms with Crippen LogP contribution < -0.4 is 5.32 Å². The van der Waals surface area contributed by atoms with Gasteiger partial charge >= 0.3 is 0 Å². The van der Waals surface area contributed by atoms with E-state index in [0.717, 1.165) is 0 Å². The molecule has 0 aliphatic rings. The third kappa shape index (κ3) is 4.23. The van der Waals surface area contributed by atoms with Crippen molar-refractivity contribution in [3.05, 3.63) is 16.5 Å². The Kier molecular flexibility index (Phi) is 5.50. The molecule has 1 aromatic rings. The zero-order valence-corrected chi connectivity index (χ0v) is 11.5. The first-order chi connectivity index (χ1) is 8.43. The van der Waals surface area contributed by atoms with Crippen molar-refractivity contribution in [2.45, 2.75) is 33.3 Å². The van der Waals surface area contributed by atoms with Crippen LogP contribution in [0.1, 0.15) is 36.5 Å². The Balaban J connectivity index is 2.75. The van der Waals surface area contributed by atoms with E-state index in [1.54, 1.807) is 6.92 Å². The van der Waals surface area contributed by atoms with Crippen molar-refractivity contribution in [2.75, 3.05) is 11.9 Å². The van der Waals surface area contributed by atoms with Gasteiger partial charge in [0.15, 0.2) is 6.29 Å². The van der Waals surface area contributed by atoms with E-state index in [-0.39, 0.29) is 10.7 Å². The number of hydrogen-bond acceptors (Lipinski definition) is 5. The average Bonchev–Trinajstić information content (AvgIpc) is 2.24. The number of hydrogen-bond donors (Lipinski definition) is 2. The number of halogens is 1. The van der Waals surface area contributed by atoms with Crippen molar-refractivity contribution in [3.63, 3.8) is 0 Å². The van der Waals surface area contributed by atoms with E-state index in [9.17, 15) is 9.90 Å². The predicted octanol–water partition coefficient (Wildman–Crippen LogP) is 2.07. The Hall–Kier alpha value is -1.20. The maximum Gasteiger partial charge on any atom is 0.156 e. The van der Waals surface area contributed by atoms with Crippen LogP contribution in [0.5, 0.6) is 0 Å². The van der Waals surface area contributed by atoms with E-state index in [2.05, 4.69) is 15.3 Å². The fourth-order valence-corrected chi connectivity index (χ4v) is 1.88. The second-order valence-corrected chi connectivity index (χ2v) is 4.96. The molecule has 1 unspecified atom stereocenters. The van der Waals surface area contributed by atoms with Crippen molar-refractivity contribution >= 4 is 23.7 Å². The molecule has 1 atom stereocenters. The van der Waals surface area contributed by atoms with Gasteiger partial charge in [-0.15, -0.1) is 0 Å². The largest absolute Gasteiger partial charge is 0.391 e. The summed E-state index contributed by atoms with van der Waals surface area (Å²) >= 11 is 5.85. The number of rotatable bonds is 6. The fourth-order valence-electron chi connectivity index (χ4n) is 1.63. The molecule has 0 bridgehead atoms. The summed E-state index contributed by atoms with van der Waals surface area (Å²) in [6.07, 6.45) is 0.804. The van der Waals surface area contributed by atoms with Gasteiger partial charge in [-0.3, -0.25) is 4.79 Å². The summed E-state index contributed by atoms with van der Waals surface area (Å²) in [5.74, 6) is 1.25. The molecular weight excluding hydrogens is 254 g/mol. The summed E-state index contributed by atoms with van der Waals surface area (Å²) in [6, 6.07) is 0. The van der Waals surface area contributed by atoms with Gasteiger partial charge in [0.1, 0.15) is 16.8 Å². The summed E-state index contributed by atoms with van der Waals surface area (Å²) < 4.78 is 0. The van der Waals surface area contributed by atoms with Crippen molar-refractivity contribution < 1.29 is 9.90 Å². The Morgan fingerprint density at radius 2 is 2.11 bits per heavy atom. The van der Waals surface area contributed by atoms with Crippen molar-refractivity contribution in [1.29, 1.82) is 0 Å². The number of carbonyl (C=O) groups is 1. The van der Waals surface area contributed by atoms with Gasteiger partial charge in [0.25, 0.3) is 0 Å². The molecule has 0 saturated carbocycles. The van der Waals surface area contributed by atoms with Gasteiger partial charge in [0, 0.05) is 6.54 Å². The predicted molar refractivity (Wildman–Crippen MR) is 71.1 cm³/mol. The minimum absolute atomic E-state index is 0.123. The summed E-state index contributed by atoms with van der Waals surface area (Å²) in [5.41, 5.74) is 0.221. The van der Waals surface area contributed by atoms with Crippen LogP contribution in [0, 0.1) is 12.8 Å². The minimum atomic E-state index is -0.487. The zero-order chi connectivity index (χ0) is 13.7. The average molecular weight is 272 g/mol. The van der Waals surface area contributed by atoms with Crippen molar-refractivity contribution in [3.8, 4) is 0 Å². The molecule has 0 aliphatic heterocycles. The highest BCUT2D eigenvalue weighted by atomic mass is 35.5. The van der Waals surface area contributed by atoms with Crippen LogP contribution in [0.3, 0.4) is 0 Å². The highest BCUT2D eigenvalue weighted by Gasteiger charge is 2.13. The minimum Gasteiger partial charge on any atom is -0.391 e. The first-order valence-electron chi connectivity index (χ1n) is 5.85. The molecule has 0 radical (unpaired) electrons. The Labute approximate surface area is 112 Å². The number of aryl methyl sites for hydroxylation is 1. The van der Waals surface area contributed by atoms with E-state index < -0.39 is 6.10 Å². The molecule has 5 nitrogen and oxygen atoms in total. The van der Waals surface area contributed by atoms with Gasteiger partial charge in [-0.1, -0.05) is 25.4 Å². The van der Waals surface area contributed by atoms with Gasteiger partial charge in [0.05, 0.1) is 11.7 Å². The van der Waals surface area contributed by atoms with Crippen molar-refractivity contribution in [2.24, 2.45) is 5.92 Å². The molecule has 0 saturated heterocycles. The molecule has 1 rings (SSSR count). The molecular formula is C12H18ClN3O2. The highest BCUT2D eigenvalue weighted by molar-refractivity contribution is 6.32. The van der Waals surface area contributed by atoms with E-state index in [4.69, 9.17) is 11.6 Å². The van der Waals surface area contributed by atoms with E-state index in [1.807, 2.05) is 13.8 Å². The quantitative estimate of drug-likeness (QED) is 0.612. The smallest absolute Gasteiger partial charge is 0.156 e. The number of nitrogens with one attached hydrogen (secondary N) is 1. The Morgan fingerprint density at radius 1 is 1.44 bits per heavy atom. The molecule has 1 heterocycles. The molecule has 18 heavy (non-hydrogen) atoms. The molecule has 1 aromatic heterocycles. The van der Waals surface area contributed by atoms with E-state index in [0.29, 0.717) is 36.8 Å². The standard InChI is InChI=1S/C12H18ClN3O2/c1-7(2)4-9(18)5-14-12-10(6-17)11(13)15-8(3)16-12/h6-7,9,18H,4-5H2,1-3H3,(H,14,15,16). The van der Waals surface area contributed by atoms with Crippen LogP contribution in [0.25, 0.3) is 0 Å². The number of aliphatic hydroxyl groups excluding tert-OH is 1. The number of nitrogens with zero attached hydrogens (tertiary/aromatic N) is 2. The van der Waals surface area contributed by atoms with E-state index >= 15 is 0 Å². The second kappa shape index (κ2) is 6.66. The molecule has 6 heteroatoms.